The number of likely N-dealkylation sites (tertiary alicyclic amines) is 2. The Morgan fingerprint density at radius 2 is 0.985 bits per heavy atom. The molecule has 0 unspecified atom stereocenters. The highest BCUT2D eigenvalue weighted by Gasteiger charge is 2.31. The lowest BCUT2D eigenvalue weighted by Gasteiger charge is -2.26. The van der Waals surface area contributed by atoms with E-state index in [9.17, 15) is 26.4 Å². The van der Waals surface area contributed by atoms with E-state index in [-0.39, 0.29) is 44.9 Å². The van der Waals surface area contributed by atoms with Crippen LogP contribution in [0.3, 0.4) is 0 Å². The Hall–Kier alpha value is -6.22. The summed E-state index contributed by atoms with van der Waals surface area (Å²) in [6.07, 6.45) is 11.1. The van der Waals surface area contributed by atoms with Gasteiger partial charge in [0.05, 0.1) is 22.1 Å². The number of H-pyrrole nitrogens is 2. The maximum absolute atomic E-state index is 12.8. The van der Waals surface area contributed by atoms with Crippen LogP contribution in [0.5, 0.6) is 11.5 Å². The van der Waals surface area contributed by atoms with Gasteiger partial charge in [-0.25, -0.2) is 9.97 Å². The average Bonchev–Trinajstić information content (AvgIpc) is 4.24. The van der Waals surface area contributed by atoms with Crippen LogP contribution in [0.4, 0.5) is 23.3 Å². The van der Waals surface area contributed by atoms with Gasteiger partial charge in [-0.1, -0.05) is 6.42 Å². The van der Waals surface area contributed by atoms with Crippen LogP contribution in [0.15, 0.2) is 94.7 Å². The van der Waals surface area contributed by atoms with E-state index in [1.54, 1.807) is 84.9 Å². The topological polar surface area (TPSA) is 233 Å². The van der Waals surface area contributed by atoms with Gasteiger partial charge in [-0.15, -0.1) is 0 Å². The van der Waals surface area contributed by atoms with Gasteiger partial charge < -0.3 is 38.8 Å². The number of nitrogens with one attached hydrogen (secondary N) is 6. The molecule has 2 aromatic heterocycles. The number of carbonyl (C=O) groups excluding carboxylic acids is 2. The third kappa shape index (κ3) is 12.6. The fourth-order valence-electron chi connectivity index (χ4n) is 8.24. The number of imidazole rings is 2. The van der Waals surface area contributed by atoms with Gasteiger partial charge >= 0.3 is 20.2 Å². The Morgan fingerprint density at radius 3 is 1.44 bits per heavy atom. The summed E-state index contributed by atoms with van der Waals surface area (Å²) in [7, 11) is -7.98. The second-order valence-electron chi connectivity index (χ2n) is 17.8. The number of aromatic nitrogens is 4. The zero-order chi connectivity index (χ0) is 47.1. The Balaban J connectivity index is 0.000000170. The summed E-state index contributed by atoms with van der Waals surface area (Å²) in [5, 5.41) is 12.2. The lowest BCUT2D eigenvalue weighted by molar-refractivity contribution is -0.118. The quantitative estimate of drug-likeness (QED) is 0.0350. The summed E-state index contributed by atoms with van der Waals surface area (Å²) >= 11 is 0. The van der Waals surface area contributed by atoms with Gasteiger partial charge in [0.2, 0.25) is 23.7 Å². The van der Waals surface area contributed by atoms with Crippen molar-refractivity contribution in [2.75, 3.05) is 73.6 Å². The summed E-state index contributed by atoms with van der Waals surface area (Å²) in [4.78, 5) is 43.6. The van der Waals surface area contributed by atoms with Gasteiger partial charge in [0, 0.05) is 55.0 Å². The van der Waals surface area contributed by atoms with Crippen molar-refractivity contribution < 1.29 is 34.8 Å². The molecule has 20 heteroatoms. The molecule has 68 heavy (non-hydrogen) atoms. The van der Waals surface area contributed by atoms with Gasteiger partial charge in [-0.3, -0.25) is 20.2 Å². The molecule has 2 saturated carbocycles. The third-order valence-electron chi connectivity index (χ3n) is 12.4. The number of nitrogens with zero attached hydrogens (tertiary/aromatic N) is 4. The van der Waals surface area contributed by atoms with Crippen molar-refractivity contribution in [3.05, 3.63) is 84.9 Å². The van der Waals surface area contributed by atoms with Gasteiger partial charge in [-0.2, -0.15) is 16.8 Å². The van der Waals surface area contributed by atoms with E-state index in [1.165, 1.54) is 45.2 Å². The summed E-state index contributed by atoms with van der Waals surface area (Å²) in [5.41, 5.74) is 4.11. The van der Waals surface area contributed by atoms with Crippen molar-refractivity contribution in [2.24, 2.45) is 11.8 Å². The van der Waals surface area contributed by atoms with Crippen molar-refractivity contribution >= 4 is 77.4 Å². The number of aromatic amines is 2. The van der Waals surface area contributed by atoms with Crippen LogP contribution in [0.1, 0.15) is 64.2 Å². The standard InChI is InChI=1S/2C24H29N5O4S/c30-23(17-4-5-17)28-24-26-21-11-8-19(16-22(21)27-24)33-34(31,32)20-9-6-18(7-10-20)25-12-3-15-29-13-1-2-14-29;30-23(17-4-5-17)28-24-26-21-11-8-19(16-22(21)27-24)33-34(31,32)20-9-6-18(7-10-20)25-12-15-29-13-2-1-3-14-29/h2*6-11,16-17,25H,1-5,12-15H2,(H2,26,27,28,30). The zero-order valence-corrected chi connectivity index (χ0v) is 39.5. The fourth-order valence-corrected chi connectivity index (χ4v) is 10.1. The normalized spacial score (nSPS) is 16.8. The summed E-state index contributed by atoms with van der Waals surface area (Å²) in [6.45, 7) is 8.40. The van der Waals surface area contributed by atoms with E-state index in [2.05, 4.69) is 51.0 Å². The SMILES string of the molecule is O=C(Nc1nc2ccc(OS(=O)(=O)c3ccc(NCCCN4CCCC4)cc3)cc2[nH]1)C1CC1.O=C(Nc1nc2ccc(OS(=O)(=O)c3ccc(NCCN4CCCCC4)cc3)cc2[nH]1)C1CC1. The summed E-state index contributed by atoms with van der Waals surface area (Å²) < 4.78 is 61.7. The van der Waals surface area contributed by atoms with Crippen LogP contribution in [-0.4, -0.2) is 111 Å². The van der Waals surface area contributed by atoms with E-state index in [1.807, 2.05) is 0 Å². The smallest absolute Gasteiger partial charge is 0.339 e. The molecular weight excluding hydrogens is 909 g/mol. The van der Waals surface area contributed by atoms with Gasteiger partial charge in [0.25, 0.3) is 0 Å². The van der Waals surface area contributed by atoms with Crippen molar-refractivity contribution in [2.45, 2.75) is 74.0 Å². The number of carbonyl (C=O) groups is 2. The number of hydrogen-bond donors (Lipinski definition) is 6. The molecule has 6 aromatic rings. The minimum absolute atomic E-state index is 0.0531. The molecule has 2 aliphatic heterocycles. The molecular formula is C48H58N10O8S2. The minimum Gasteiger partial charge on any atom is -0.385 e. The molecule has 0 atom stereocenters. The van der Waals surface area contributed by atoms with Crippen LogP contribution in [-0.2, 0) is 29.8 Å². The Morgan fingerprint density at radius 1 is 0.559 bits per heavy atom. The Kier molecular flexibility index (Phi) is 14.5. The molecule has 2 aliphatic carbocycles. The van der Waals surface area contributed by atoms with Crippen LogP contribution in [0, 0.1) is 11.8 Å². The lowest BCUT2D eigenvalue weighted by atomic mass is 10.1. The molecule has 6 N–H and O–H groups in total. The first-order valence-electron chi connectivity index (χ1n) is 23.6. The number of benzene rings is 4. The number of piperidine rings is 1. The summed E-state index contributed by atoms with van der Waals surface area (Å²) in [5.74, 6) is 1.04. The monoisotopic (exact) mass is 966 g/mol. The molecule has 2 saturated heterocycles. The first kappa shape index (κ1) is 46.9. The van der Waals surface area contributed by atoms with Crippen molar-refractivity contribution in [3.8, 4) is 11.5 Å². The maximum atomic E-state index is 12.8. The minimum atomic E-state index is -3.99. The van der Waals surface area contributed by atoms with Crippen LogP contribution < -0.4 is 29.6 Å². The lowest BCUT2D eigenvalue weighted by Crippen LogP contribution is -2.33. The second-order valence-corrected chi connectivity index (χ2v) is 20.9. The van der Waals surface area contributed by atoms with E-state index in [0.717, 1.165) is 82.7 Å². The first-order valence-corrected chi connectivity index (χ1v) is 26.4. The van der Waals surface area contributed by atoms with Crippen LogP contribution in [0.25, 0.3) is 22.1 Å². The molecule has 18 nitrogen and oxygen atoms in total. The van der Waals surface area contributed by atoms with Crippen LogP contribution >= 0.6 is 0 Å². The van der Waals surface area contributed by atoms with Gasteiger partial charge in [0.1, 0.15) is 21.3 Å². The maximum Gasteiger partial charge on any atom is 0.339 e. The predicted octanol–water partition coefficient (Wildman–Crippen LogP) is 7.15. The van der Waals surface area contributed by atoms with Gasteiger partial charge in [-0.05, 0) is 163 Å². The zero-order valence-electron chi connectivity index (χ0n) is 37.8. The largest absolute Gasteiger partial charge is 0.385 e. The highest BCUT2D eigenvalue weighted by atomic mass is 32.2. The molecule has 10 rings (SSSR count). The third-order valence-corrected chi connectivity index (χ3v) is 14.9. The van der Waals surface area contributed by atoms with Crippen molar-refractivity contribution in [3.63, 3.8) is 0 Å². The van der Waals surface area contributed by atoms with Crippen LogP contribution in [0.2, 0.25) is 0 Å². The Labute approximate surface area is 396 Å². The second kappa shape index (κ2) is 21.0. The molecule has 0 bridgehead atoms. The summed E-state index contributed by atoms with van der Waals surface area (Å²) in [6, 6.07) is 22.7. The number of fused-ring (bicyclic) bond motifs is 2. The first-order chi connectivity index (χ1) is 32.9. The molecule has 0 radical (unpaired) electrons. The van der Waals surface area contributed by atoms with Crippen molar-refractivity contribution in [1.82, 2.24) is 29.7 Å². The molecule has 0 spiro atoms. The highest BCUT2D eigenvalue weighted by molar-refractivity contribution is 7.87. The molecule has 360 valence electrons. The number of anilines is 4. The van der Waals surface area contributed by atoms with E-state index in [0.29, 0.717) is 34.0 Å². The molecule has 4 heterocycles. The molecule has 2 amide bonds. The van der Waals surface area contributed by atoms with Gasteiger partial charge in [0.15, 0.2) is 0 Å². The van der Waals surface area contributed by atoms with E-state index in [4.69, 9.17) is 8.37 Å². The molecule has 4 fully saturated rings. The Bertz CT molecular complexity index is 2920. The molecule has 4 aromatic carbocycles. The van der Waals surface area contributed by atoms with E-state index >= 15 is 0 Å². The highest BCUT2D eigenvalue weighted by Crippen LogP contribution is 2.32. The number of rotatable bonds is 19. The average molecular weight is 967 g/mol. The van der Waals surface area contributed by atoms with Crippen molar-refractivity contribution in [1.29, 1.82) is 0 Å². The van der Waals surface area contributed by atoms with E-state index < -0.39 is 20.2 Å². The predicted molar refractivity (Wildman–Crippen MR) is 261 cm³/mol. The number of hydrogen-bond acceptors (Lipinski definition) is 14. The molecule has 4 aliphatic rings. The number of amides is 2. The fraction of sp³-hybridized carbons (Fsp3) is 0.417.